The molecule has 148 valence electrons. The Morgan fingerprint density at radius 3 is 2.54 bits per heavy atom. The molecule has 0 unspecified atom stereocenters. The maximum atomic E-state index is 13.2. The smallest absolute Gasteiger partial charge is 0.223 e. The standard InChI is InChI=1S/C23H29N3O2/c27-22(9-8-19-10-12-24-13-11-19)26-16-17-28-21(18-25-14-4-5-15-25)23(26)20-6-2-1-3-7-20/h1-3,6-7,10-13,21,23H,4-5,8-9,14-18H2/t21-,23-/m0/s1. The van der Waals surface area contributed by atoms with Gasteiger partial charge in [-0.15, -0.1) is 0 Å². The second-order valence-corrected chi connectivity index (χ2v) is 7.72. The summed E-state index contributed by atoms with van der Waals surface area (Å²) in [6, 6.07) is 14.3. The molecule has 0 spiro atoms. The average Bonchev–Trinajstić information content (AvgIpc) is 3.26. The fourth-order valence-electron chi connectivity index (χ4n) is 4.37. The average molecular weight is 380 g/mol. The fraction of sp³-hybridized carbons (Fsp3) is 0.478. The predicted octanol–water partition coefficient (Wildman–Crippen LogP) is 3.08. The van der Waals surface area contributed by atoms with Gasteiger partial charge < -0.3 is 14.5 Å². The number of rotatable bonds is 6. The molecule has 2 atom stereocenters. The number of carbonyl (C=O) groups is 1. The van der Waals surface area contributed by atoms with Crippen LogP contribution in [0.2, 0.25) is 0 Å². The van der Waals surface area contributed by atoms with Crippen LogP contribution in [0.15, 0.2) is 54.9 Å². The Morgan fingerprint density at radius 2 is 1.79 bits per heavy atom. The van der Waals surface area contributed by atoms with Crippen molar-refractivity contribution in [3.8, 4) is 0 Å². The zero-order chi connectivity index (χ0) is 19.2. The second kappa shape index (κ2) is 9.30. The lowest BCUT2D eigenvalue weighted by molar-refractivity contribution is -0.148. The van der Waals surface area contributed by atoms with Crippen LogP contribution in [0.1, 0.15) is 36.4 Å². The minimum Gasteiger partial charge on any atom is -0.373 e. The van der Waals surface area contributed by atoms with Gasteiger partial charge in [-0.1, -0.05) is 30.3 Å². The molecule has 0 radical (unpaired) electrons. The third-order valence-corrected chi connectivity index (χ3v) is 5.83. The Morgan fingerprint density at radius 1 is 1.04 bits per heavy atom. The molecule has 4 rings (SSSR count). The van der Waals surface area contributed by atoms with Gasteiger partial charge in [0.2, 0.25) is 5.91 Å². The van der Waals surface area contributed by atoms with Gasteiger partial charge in [-0.25, -0.2) is 0 Å². The van der Waals surface area contributed by atoms with E-state index in [9.17, 15) is 4.79 Å². The van der Waals surface area contributed by atoms with Gasteiger partial charge in [0.15, 0.2) is 0 Å². The number of carbonyl (C=O) groups excluding carboxylic acids is 1. The van der Waals surface area contributed by atoms with Crippen molar-refractivity contribution in [1.29, 1.82) is 0 Å². The van der Waals surface area contributed by atoms with Crippen LogP contribution in [-0.2, 0) is 16.0 Å². The zero-order valence-corrected chi connectivity index (χ0v) is 16.4. The van der Waals surface area contributed by atoms with Crippen LogP contribution >= 0.6 is 0 Å². The van der Waals surface area contributed by atoms with E-state index >= 15 is 0 Å². The SMILES string of the molecule is O=C(CCc1ccncc1)N1CCO[C@@H](CN2CCCC2)[C@@H]1c1ccccc1. The summed E-state index contributed by atoms with van der Waals surface area (Å²) in [6.45, 7) is 4.44. The lowest BCUT2D eigenvalue weighted by Gasteiger charge is -2.43. The van der Waals surface area contributed by atoms with Gasteiger partial charge in [-0.05, 0) is 55.6 Å². The highest BCUT2D eigenvalue weighted by Crippen LogP contribution is 2.31. The van der Waals surface area contributed by atoms with Gasteiger partial charge >= 0.3 is 0 Å². The number of likely N-dealkylation sites (tertiary alicyclic amines) is 1. The first-order chi connectivity index (χ1) is 13.8. The number of aryl methyl sites for hydroxylation is 1. The first-order valence-corrected chi connectivity index (χ1v) is 10.4. The highest BCUT2D eigenvalue weighted by atomic mass is 16.5. The Balaban J connectivity index is 1.50. The number of morpholine rings is 1. The number of hydrogen-bond acceptors (Lipinski definition) is 4. The molecule has 2 fully saturated rings. The van der Waals surface area contributed by atoms with E-state index in [1.54, 1.807) is 12.4 Å². The summed E-state index contributed by atoms with van der Waals surface area (Å²) in [4.78, 5) is 21.8. The van der Waals surface area contributed by atoms with Crippen molar-refractivity contribution in [3.63, 3.8) is 0 Å². The third-order valence-electron chi connectivity index (χ3n) is 5.83. The summed E-state index contributed by atoms with van der Waals surface area (Å²) in [5.41, 5.74) is 2.32. The van der Waals surface area contributed by atoms with Crippen LogP contribution in [-0.4, -0.2) is 59.6 Å². The van der Waals surface area contributed by atoms with Gasteiger partial charge in [0.1, 0.15) is 0 Å². The molecule has 5 nitrogen and oxygen atoms in total. The molecule has 2 aliphatic rings. The second-order valence-electron chi connectivity index (χ2n) is 7.72. The molecular weight excluding hydrogens is 350 g/mol. The molecule has 2 aromatic rings. The molecule has 1 aromatic carbocycles. The molecule has 5 heteroatoms. The van der Waals surface area contributed by atoms with E-state index in [1.807, 2.05) is 18.2 Å². The number of aromatic nitrogens is 1. The monoisotopic (exact) mass is 379 g/mol. The van der Waals surface area contributed by atoms with Crippen molar-refractivity contribution in [2.45, 2.75) is 37.8 Å². The normalized spacial score (nSPS) is 23.1. The van der Waals surface area contributed by atoms with Crippen molar-refractivity contribution >= 4 is 5.91 Å². The number of nitrogens with zero attached hydrogens (tertiary/aromatic N) is 3. The van der Waals surface area contributed by atoms with E-state index in [1.165, 1.54) is 18.4 Å². The lowest BCUT2D eigenvalue weighted by atomic mass is 9.96. The van der Waals surface area contributed by atoms with Crippen LogP contribution in [0.25, 0.3) is 0 Å². The minimum atomic E-state index is -0.0134. The van der Waals surface area contributed by atoms with E-state index in [2.05, 4.69) is 39.0 Å². The number of ether oxygens (including phenoxy) is 1. The Kier molecular flexibility index (Phi) is 6.34. The van der Waals surface area contributed by atoms with Gasteiger partial charge in [0.05, 0.1) is 18.8 Å². The molecule has 0 N–H and O–H groups in total. The van der Waals surface area contributed by atoms with Crippen molar-refractivity contribution in [3.05, 3.63) is 66.0 Å². The van der Waals surface area contributed by atoms with Crippen molar-refractivity contribution < 1.29 is 9.53 Å². The highest BCUT2D eigenvalue weighted by Gasteiger charge is 2.37. The van der Waals surface area contributed by atoms with Crippen molar-refractivity contribution in [2.75, 3.05) is 32.8 Å². The van der Waals surface area contributed by atoms with Gasteiger partial charge in [0, 0.05) is 31.9 Å². The summed E-state index contributed by atoms with van der Waals surface area (Å²) in [5, 5.41) is 0. The summed E-state index contributed by atoms with van der Waals surface area (Å²) < 4.78 is 6.21. The maximum Gasteiger partial charge on any atom is 0.223 e. The molecule has 1 amide bonds. The van der Waals surface area contributed by atoms with Gasteiger partial charge in [-0.2, -0.15) is 0 Å². The van der Waals surface area contributed by atoms with E-state index in [0.717, 1.165) is 31.6 Å². The van der Waals surface area contributed by atoms with Crippen LogP contribution in [0.5, 0.6) is 0 Å². The van der Waals surface area contributed by atoms with Crippen LogP contribution < -0.4 is 0 Å². The first kappa shape index (κ1) is 19.1. The zero-order valence-electron chi connectivity index (χ0n) is 16.4. The van der Waals surface area contributed by atoms with E-state index in [4.69, 9.17) is 4.74 Å². The quantitative estimate of drug-likeness (QED) is 0.774. The topological polar surface area (TPSA) is 45.7 Å². The fourth-order valence-corrected chi connectivity index (χ4v) is 4.37. The largest absolute Gasteiger partial charge is 0.373 e. The third kappa shape index (κ3) is 4.59. The summed E-state index contributed by atoms with van der Waals surface area (Å²) in [7, 11) is 0. The Labute approximate surface area is 167 Å². The van der Waals surface area contributed by atoms with E-state index in [0.29, 0.717) is 19.6 Å². The number of hydrogen-bond donors (Lipinski definition) is 0. The molecular formula is C23H29N3O2. The van der Waals surface area contributed by atoms with Crippen LogP contribution in [0.4, 0.5) is 0 Å². The molecule has 2 saturated heterocycles. The molecule has 0 bridgehead atoms. The Hall–Kier alpha value is -2.24. The molecule has 0 saturated carbocycles. The molecule has 1 aromatic heterocycles. The maximum absolute atomic E-state index is 13.2. The van der Waals surface area contributed by atoms with Crippen molar-refractivity contribution in [2.24, 2.45) is 0 Å². The molecule has 28 heavy (non-hydrogen) atoms. The Bertz CT molecular complexity index is 747. The summed E-state index contributed by atoms with van der Waals surface area (Å²) in [5.74, 6) is 0.209. The molecule has 2 aliphatic heterocycles. The number of amides is 1. The highest BCUT2D eigenvalue weighted by molar-refractivity contribution is 5.77. The van der Waals surface area contributed by atoms with Crippen LogP contribution in [0, 0.1) is 0 Å². The molecule has 0 aliphatic carbocycles. The van der Waals surface area contributed by atoms with E-state index < -0.39 is 0 Å². The number of benzene rings is 1. The predicted molar refractivity (Wildman–Crippen MR) is 109 cm³/mol. The summed E-state index contributed by atoms with van der Waals surface area (Å²) >= 11 is 0. The van der Waals surface area contributed by atoms with Crippen molar-refractivity contribution in [1.82, 2.24) is 14.8 Å². The lowest BCUT2D eigenvalue weighted by Crippen LogP contribution is -2.51. The van der Waals surface area contributed by atoms with E-state index in [-0.39, 0.29) is 18.1 Å². The number of pyridine rings is 1. The summed E-state index contributed by atoms with van der Waals surface area (Å²) in [6.07, 6.45) is 7.38. The minimum absolute atomic E-state index is 0.0134. The van der Waals surface area contributed by atoms with Gasteiger partial charge in [-0.3, -0.25) is 9.78 Å². The first-order valence-electron chi connectivity index (χ1n) is 10.4. The van der Waals surface area contributed by atoms with Gasteiger partial charge in [0.25, 0.3) is 0 Å². The molecule has 3 heterocycles. The van der Waals surface area contributed by atoms with Crippen LogP contribution in [0.3, 0.4) is 0 Å².